The van der Waals surface area contributed by atoms with Crippen molar-refractivity contribution >= 4 is 17.3 Å². The fourth-order valence-electron chi connectivity index (χ4n) is 3.67. The molecule has 1 aliphatic carbocycles. The lowest BCUT2D eigenvalue weighted by Gasteiger charge is -2.36. The summed E-state index contributed by atoms with van der Waals surface area (Å²) in [6.45, 7) is 9.91. The van der Waals surface area contributed by atoms with Crippen LogP contribution in [0.2, 0.25) is 0 Å². The summed E-state index contributed by atoms with van der Waals surface area (Å²) < 4.78 is 0. The SMILES string of the molecule is CCN1CCN(c2ccc(NC(=O)[C@H]3CC=CCC3)cc2C)CC1. The highest BCUT2D eigenvalue weighted by atomic mass is 16.1. The third kappa shape index (κ3) is 3.99. The molecule has 1 heterocycles. The van der Waals surface area contributed by atoms with Gasteiger partial charge >= 0.3 is 0 Å². The fraction of sp³-hybridized carbons (Fsp3) is 0.550. The van der Waals surface area contributed by atoms with Crippen LogP contribution in [0.4, 0.5) is 11.4 Å². The van der Waals surface area contributed by atoms with Crippen LogP contribution in [0.25, 0.3) is 0 Å². The molecule has 3 rings (SSSR count). The standard InChI is InChI=1S/C20H29N3O/c1-3-22-11-13-23(14-12-22)19-10-9-18(15-16(19)2)21-20(24)17-7-5-4-6-8-17/h4-5,9-10,15,17H,3,6-8,11-14H2,1-2H3,(H,21,24)/t17-/m0/s1. The lowest BCUT2D eigenvalue weighted by Crippen LogP contribution is -2.46. The second kappa shape index (κ2) is 7.84. The van der Waals surface area contributed by atoms with Gasteiger partial charge < -0.3 is 15.1 Å². The van der Waals surface area contributed by atoms with E-state index >= 15 is 0 Å². The van der Waals surface area contributed by atoms with Crippen LogP contribution >= 0.6 is 0 Å². The zero-order valence-corrected chi connectivity index (χ0v) is 14.9. The van der Waals surface area contributed by atoms with Gasteiger partial charge in [0.25, 0.3) is 0 Å². The van der Waals surface area contributed by atoms with Gasteiger partial charge in [-0.2, -0.15) is 0 Å². The van der Waals surface area contributed by atoms with E-state index in [-0.39, 0.29) is 11.8 Å². The zero-order valence-electron chi connectivity index (χ0n) is 14.9. The van der Waals surface area contributed by atoms with Gasteiger partial charge in [-0.25, -0.2) is 0 Å². The summed E-state index contributed by atoms with van der Waals surface area (Å²) in [7, 11) is 0. The van der Waals surface area contributed by atoms with E-state index in [1.165, 1.54) is 11.3 Å². The van der Waals surface area contributed by atoms with Gasteiger partial charge in [0.05, 0.1) is 0 Å². The molecule has 4 nitrogen and oxygen atoms in total. The number of amides is 1. The number of aryl methyl sites for hydroxylation is 1. The minimum Gasteiger partial charge on any atom is -0.369 e. The number of allylic oxidation sites excluding steroid dienone is 2. The van der Waals surface area contributed by atoms with Crippen molar-refractivity contribution in [2.75, 3.05) is 42.9 Å². The summed E-state index contributed by atoms with van der Waals surface area (Å²) >= 11 is 0. The van der Waals surface area contributed by atoms with Gasteiger partial charge in [0.1, 0.15) is 0 Å². The van der Waals surface area contributed by atoms with Crippen molar-refractivity contribution in [2.45, 2.75) is 33.1 Å². The number of carbonyl (C=O) groups excluding carboxylic acids is 1. The maximum atomic E-state index is 12.4. The number of nitrogens with one attached hydrogen (secondary N) is 1. The average Bonchev–Trinajstić information content (AvgIpc) is 2.63. The first-order valence-corrected chi connectivity index (χ1v) is 9.21. The molecule has 1 saturated heterocycles. The number of anilines is 2. The van der Waals surface area contributed by atoms with Gasteiger partial charge in [0.2, 0.25) is 5.91 Å². The molecule has 0 spiro atoms. The van der Waals surface area contributed by atoms with Crippen LogP contribution in [0.15, 0.2) is 30.4 Å². The Bertz CT molecular complexity index is 603. The molecule has 130 valence electrons. The molecule has 1 aromatic carbocycles. The molecule has 0 saturated carbocycles. The van der Waals surface area contributed by atoms with E-state index < -0.39 is 0 Å². The number of rotatable bonds is 4. The molecular weight excluding hydrogens is 298 g/mol. The molecule has 1 aliphatic heterocycles. The Balaban J connectivity index is 1.62. The summed E-state index contributed by atoms with van der Waals surface area (Å²) in [6.07, 6.45) is 7.13. The molecule has 1 aromatic rings. The quantitative estimate of drug-likeness (QED) is 0.861. The predicted molar refractivity (Wildman–Crippen MR) is 101 cm³/mol. The molecule has 0 aromatic heterocycles. The van der Waals surface area contributed by atoms with Crippen molar-refractivity contribution in [3.05, 3.63) is 35.9 Å². The lowest BCUT2D eigenvalue weighted by molar-refractivity contribution is -0.120. The molecule has 0 unspecified atom stereocenters. The van der Waals surface area contributed by atoms with E-state index in [2.05, 4.69) is 53.2 Å². The number of likely N-dealkylation sites (N-methyl/N-ethyl adjacent to an activating group) is 1. The van der Waals surface area contributed by atoms with Gasteiger partial charge in [-0.05, 0) is 56.5 Å². The second-order valence-corrected chi connectivity index (χ2v) is 6.89. The Hall–Kier alpha value is -1.81. The summed E-state index contributed by atoms with van der Waals surface area (Å²) in [5, 5.41) is 3.10. The Kier molecular flexibility index (Phi) is 5.56. The van der Waals surface area contributed by atoms with Gasteiger partial charge in [0, 0.05) is 43.5 Å². The molecule has 2 aliphatic rings. The van der Waals surface area contributed by atoms with Crippen molar-refractivity contribution < 1.29 is 4.79 Å². The first kappa shape index (κ1) is 17.0. The number of nitrogens with zero attached hydrogens (tertiary/aromatic N) is 2. The third-order valence-corrected chi connectivity index (χ3v) is 5.26. The maximum Gasteiger partial charge on any atom is 0.227 e. The van der Waals surface area contributed by atoms with Gasteiger partial charge in [0.15, 0.2) is 0 Å². The Morgan fingerprint density at radius 3 is 2.62 bits per heavy atom. The van der Waals surface area contributed by atoms with E-state index in [1.54, 1.807) is 0 Å². The van der Waals surface area contributed by atoms with Crippen molar-refractivity contribution in [3.8, 4) is 0 Å². The summed E-state index contributed by atoms with van der Waals surface area (Å²) in [5.74, 6) is 0.278. The van der Waals surface area contributed by atoms with Crippen LogP contribution < -0.4 is 10.2 Å². The van der Waals surface area contributed by atoms with Crippen LogP contribution in [0.3, 0.4) is 0 Å². The van der Waals surface area contributed by atoms with E-state index in [0.717, 1.165) is 57.7 Å². The van der Waals surface area contributed by atoms with Gasteiger partial charge in [-0.1, -0.05) is 19.1 Å². The monoisotopic (exact) mass is 327 g/mol. The number of piperazine rings is 1. The normalized spacial score (nSPS) is 21.8. The molecule has 0 bridgehead atoms. The topological polar surface area (TPSA) is 35.6 Å². The summed E-state index contributed by atoms with van der Waals surface area (Å²) in [4.78, 5) is 17.3. The highest BCUT2D eigenvalue weighted by Crippen LogP contribution is 2.26. The van der Waals surface area contributed by atoms with Crippen molar-refractivity contribution in [1.29, 1.82) is 0 Å². The van der Waals surface area contributed by atoms with Gasteiger partial charge in [-0.15, -0.1) is 0 Å². The number of carbonyl (C=O) groups is 1. The molecular formula is C20H29N3O. The van der Waals surface area contributed by atoms with Crippen LogP contribution in [-0.2, 0) is 4.79 Å². The predicted octanol–water partition coefficient (Wildman–Crippen LogP) is 3.43. The van der Waals surface area contributed by atoms with E-state index in [4.69, 9.17) is 0 Å². The largest absolute Gasteiger partial charge is 0.369 e. The third-order valence-electron chi connectivity index (χ3n) is 5.26. The summed E-state index contributed by atoms with van der Waals surface area (Å²) in [6, 6.07) is 6.32. The van der Waals surface area contributed by atoms with E-state index in [1.807, 2.05) is 6.07 Å². The van der Waals surface area contributed by atoms with E-state index in [0.29, 0.717) is 0 Å². The lowest BCUT2D eigenvalue weighted by atomic mass is 9.93. The molecule has 24 heavy (non-hydrogen) atoms. The smallest absolute Gasteiger partial charge is 0.227 e. The molecule has 1 atom stereocenters. The Labute approximate surface area is 145 Å². The highest BCUT2D eigenvalue weighted by molar-refractivity contribution is 5.93. The molecule has 1 amide bonds. The maximum absolute atomic E-state index is 12.4. The van der Waals surface area contributed by atoms with Crippen molar-refractivity contribution in [2.24, 2.45) is 5.92 Å². The first-order chi connectivity index (χ1) is 11.7. The van der Waals surface area contributed by atoms with Crippen LogP contribution in [-0.4, -0.2) is 43.5 Å². The molecule has 1 fully saturated rings. The minimum atomic E-state index is 0.122. The zero-order chi connectivity index (χ0) is 16.9. The minimum absolute atomic E-state index is 0.122. The summed E-state index contributed by atoms with van der Waals surface area (Å²) in [5.41, 5.74) is 3.45. The first-order valence-electron chi connectivity index (χ1n) is 9.21. The van der Waals surface area contributed by atoms with Gasteiger partial charge in [-0.3, -0.25) is 4.79 Å². The second-order valence-electron chi connectivity index (χ2n) is 6.89. The van der Waals surface area contributed by atoms with E-state index in [9.17, 15) is 4.79 Å². The van der Waals surface area contributed by atoms with Crippen LogP contribution in [0, 0.1) is 12.8 Å². The fourth-order valence-corrected chi connectivity index (χ4v) is 3.67. The number of hydrogen-bond donors (Lipinski definition) is 1. The van der Waals surface area contributed by atoms with Crippen LogP contribution in [0.1, 0.15) is 31.7 Å². The molecule has 4 heteroatoms. The Morgan fingerprint density at radius 2 is 2.00 bits per heavy atom. The molecule has 0 radical (unpaired) electrons. The number of benzene rings is 1. The Morgan fingerprint density at radius 1 is 1.21 bits per heavy atom. The van der Waals surface area contributed by atoms with Crippen molar-refractivity contribution in [1.82, 2.24) is 4.90 Å². The van der Waals surface area contributed by atoms with Crippen LogP contribution in [0.5, 0.6) is 0 Å². The number of hydrogen-bond acceptors (Lipinski definition) is 3. The highest BCUT2D eigenvalue weighted by Gasteiger charge is 2.20. The average molecular weight is 327 g/mol. The molecule has 1 N–H and O–H groups in total. The van der Waals surface area contributed by atoms with Crippen molar-refractivity contribution in [3.63, 3.8) is 0 Å².